The van der Waals surface area contributed by atoms with Crippen LogP contribution in [0.25, 0.3) is 0 Å². The smallest absolute Gasteiger partial charge is 0.472 e. The number of allylic oxidation sites excluding steroid dienone is 4. The molecule has 336 valence electrons. The summed E-state index contributed by atoms with van der Waals surface area (Å²) in [6.45, 7) is 3.88. The van der Waals surface area contributed by atoms with Gasteiger partial charge >= 0.3 is 19.8 Å². The molecule has 0 spiro atoms. The molecule has 10 nitrogen and oxygen atoms in total. The lowest BCUT2D eigenvalue weighted by Crippen LogP contribution is -2.34. The van der Waals surface area contributed by atoms with Gasteiger partial charge < -0.3 is 25.2 Å². The molecule has 0 fully saturated rings. The summed E-state index contributed by atoms with van der Waals surface area (Å²) >= 11 is 0. The van der Waals surface area contributed by atoms with Gasteiger partial charge in [0.25, 0.3) is 0 Å². The highest BCUT2D eigenvalue weighted by molar-refractivity contribution is 7.47. The first kappa shape index (κ1) is 55.5. The summed E-state index contributed by atoms with van der Waals surface area (Å²) in [6, 6.07) is -1.47. The maximum absolute atomic E-state index is 12.7. The van der Waals surface area contributed by atoms with Gasteiger partial charge in [0, 0.05) is 13.0 Å². The molecule has 3 atom stereocenters. The summed E-state index contributed by atoms with van der Waals surface area (Å²) in [7, 11) is -4.62. The molecule has 0 rings (SSSR count). The van der Waals surface area contributed by atoms with E-state index in [0.717, 1.165) is 44.9 Å². The lowest BCUT2D eigenvalue weighted by Gasteiger charge is -2.20. The largest absolute Gasteiger partial charge is 0.480 e. The van der Waals surface area contributed by atoms with Gasteiger partial charge in [0.1, 0.15) is 12.1 Å². The first-order valence-electron chi connectivity index (χ1n) is 23.4. The van der Waals surface area contributed by atoms with E-state index >= 15 is 0 Å². The average molecular weight is 830 g/mol. The maximum atomic E-state index is 12.7. The standard InChI is InChI=1S/C46H88NO9P/c1-3-5-7-9-11-13-15-17-19-21-22-23-24-26-28-30-32-34-36-38-45(48)56-43(41-54-57(51,52)55-42-44(47)46(49)50)40-53-39-37-35-33-31-29-27-25-20-18-16-14-12-10-8-6-4-2/h17-20,43-44H,3-16,21-42,47H2,1-2H3,(H,49,50)(H,51,52)/b19-17-,20-18-. The number of unbranched alkanes of at least 4 members (excludes halogenated alkanes) is 27. The first-order valence-corrected chi connectivity index (χ1v) is 24.9. The van der Waals surface area contributed by atoms with Crippen molar-refractivity contribution in [1.82, 2.24) is 0 Å². The van der Waals surface area contributed by atoms with Crippen molar-refractivity contribution in [2.24, 2.45) is 5.73 Å². The Balaban J connectivity index is 4.19. The Morgan fingerprint density at radius 2 is 0.912 bits per heavy atom. The number of carbonyl (C=O) groups excluding carboxylic acids is 1. The number of aliphatic carboxylic acids is 1. The topological polar surface area (TPSA) is 155 Å². The molecule has 11 heteroatoms. The summed E-state index contributed by atoms with van der Waals surface area (Å²) in [5, 5.41) is 8.91. The number of phosphoric acid groups is 1. The van der Waals surface area contributed by atoms with Crippen molar-refractivity contribution in [3.05, 3.63) is 24.3 Å². The van der Waals surface area contributed by atoms with E-state index in [-0.39, 0.29) is 13.0 Å². The summed E-state index contributed by atoms with van der Waals surface area (Å²) in [5.74, 6) is -1.78. The molecule has 0 aliphatic heterocycles. The molecule has 0 heterocycles. The molecule has 0 aliphatic carbocycles. The number of hydrogen-bond acceptors (Lipinski definition) is 8. The van der Waals surface area contributed by atoms with Crippen LogP contribution in [0.2, 0.25) is 0 Å². The predicted molar refractivity (Wildman–Crippen MR) is 235 cm³/mol. The first-order chi connectivity index (χ1) is 27.7. The van der Waals surface area contributed by atoms with Crippen LogP contribution < -0.4 is 5.73 Å². The fourth-order valence-electron chi connectivity index (χ4n) is 6.53. The Hall–Kier alpha value is -1.55. The number of nitrogens with two attached hydrogens (primary N) is 1. The van der Waals surface area contributed by atoms with Crippen LogP contribution in [0.5, 0.6) is 0 Å². The minimum Gasteiger partial charge on any atom is -0.480 e. The SMILES string of the molecule is CCCCCCCC/C=C\CCCCCCCCCCCC(=O)OC(COCCCCCCCC/C=C\CCCCCCCC)COP(=O)(O)OCC(N)C(=O)O. The van der Waals surface area contributed by atoms with Crippen molar-refractivity contribution in [3.8, 4) is 0 Å². The van der Waals surface area contributed by atoms with E-state index in [1.54, 1.807) is 0 Å². The van der Waals surface area contributed by atoms with E-state index in [2.05, 4.69) is 38.2 Å². The number of ether oxygens (including phenoxy) is 2. The van der Waals surface area contributed by atoms with Crippen molar-refractivity contribution in [2.45, 2.75) is 231 Å². The molecule has 3 unspecified atom stereocenters. The third-order valence-electron chi connectivity index (χ3n) is 10.2. The minimum atomic E-state index is -4.62. The third-order valence-corrected chi connectivity index (χ3v) is 11.2. The van der Waals surface area contributed by atoms with Crippen molar-refractivity contribution >= 4 is 19.8 Å². The average Bonchev–Trinajstić information content (AvgIpc) is 3.19. The normalized spacial score (nSPS) is 14.0. The molecule has 0 aromatic heterocycles. The summed E-state index contributed by atoms with van der Waals surface area (Å²) < 4.78 is 33.4. The van der Waals surface area contributed by atoms with Gasteiger partial charge in [-0.25, -0.2) is 4.57 Å². The second kappa shape index (κ2) is 42.6. The molecule has 0 aromatic rings. The second-order valence-electron chi connectivity index (χ2n) is 15.9. The van der Waals surface area contributed by atoms with Gasteiger partial charge in [-0.15, -0.1) is 0 Å². The van der Waals surface area contributed by atoms with Gasteiger partial charge in [-0.1, -0.05) is 173 Å². The Morgan fingerprint density at radius 3 is 1.33 bits per heavy atom. The number of carbonyl (C=O) groups is 2. The molecular formula is C46H88NO9P. The van der Waals surface area contributed by atoms with Gasteiger partial charge in [0.2, 0.25) is 0 Å². The van der Waals surface area contributed by atoms with Gasteiger partial charge in [-0.05, 0) is 64.2 Å². The van der Waals surface area contributed by atoms with Crippen LogP contribution in [0.4, 0.5) is 0 Å². The fourth-order valence-corrected chi connectivity index (χ4v) is 7.31. The molecule has 57 heavy (non-hydrogen) atoms. The van der Waals surface area contributed by atoms with Crippen LogP contribution in [0.15, 0.2) is 24.3 Å². The van der Waals surface area contributed by atoms with E-state index in [4.69, 9.17) is 29.4 Å². The van der Waals surface area contributed by atoms with Gasteiger partial charge in [-0.3, -0.25) is 18.6 Å². The number of hydrogen-bond donors (Lipinski definition) is 3. The van der Waals surface area contributed by atoms with E-state index in [9.17, 15) is 19.0 Å². The quantitative estimate of drug-likeness (QED) is 0.0234. The maximum Gasteiger partial charge on any atom is 0.472 e. The zero-order chi connectivity index (χ0) is 41.9. The molecule has 0 aliphatic rings. The van der Waals surface area contributed by atoms with Crippen LogP contribution in [-0.2, 0) is 32.7 Å². The molecule has 0 bridgehead atoms. The second-order valence-corrected chi connectivity index (χ2v) is 17.3. The molecular weight excluding hydrogens is 741 g/mol. The Labute approximate surface area is 349 Å². The Morgan fingerprint density at radius 1 is 0.544 bits per heavy atom. The lowest BCUT2D eigenvalue weighted by atomic mass is 10.1. The lowest BCUT2D eigenvalue weighted by molar-refractivity contribution is -0.154. The van der Waals surface area contributed by atoms with Crippen molar-refractivity contribution in [3.63, 3.8) is 0 Å². The van der Waals surface area contributed by atoms with Crippen LogP contribution in [0, 0.1) is 0 Å². The molecule has 0 radical (unpaired) electrons. The van der Waals surface area contributed by atoms with E-state index in [0.29, 0.717) is 13.0 Å². The van der Waals surface area contributed by atoms with Crippen LogP contribution in [0.1, 0.15) is 219 Å². The van der Waals surface area contributed by atoms with E-state index in [1.807, 2.05) is 0 Å². The molecule has 0 saturated heterocycles. The predicted octanol–water partition coefficient (Wildman–Crippen LogP) is 13.1. The van der Waals surface area contributed by atoms with E-state index in [1.165, 1.54) is 148 Å². The molecule has 0 amide bonds. The zero-order valence-electron chi connectivity index (χ0n) is 36.7. The van der Waals surface area contributed by atoms with Crippen LogP contribution in [0.3, 0.4) is 0 Å². The highest BCUT2D eigenvalue weighted by Crippen LogP contribution is 2.43. The van der Waals surface area contributed by atoms with Crippen LogP contribution >= 0.6 is 7.82 Å². The molecule has 0 saturated carbocycles. The summed E-state index contributed by atoms with van der Waals surface area (Å²) in [5.41, 5.74) is 5.36. The van der Waals surface area contributed by atoms with Crippen molar-refractivity contribution in [2.75, 3.05) is 26.4 Å². The van der Waals surface area contributed by atoms with Crippen molar-refractivity contribution in [1.29, 1.82) is 0 Å². The molecule has 4 N–H and O–H groups in total. The van der Waals surface area contributed by atoms with Crippen molar-refractivity contribution < 1.29 is 42.7 Å². The molecule has 0 aromatic carbocycles. The number of rotatable bonds is 45. The van der Waals surface area contributed by atoms with Gasteiger partial charge in [0.15, 0.2) is 0 Å². The number of carboxylic acid groups (broad SMARTS) is 1. The number of phosphoric ester groups is 1. The summed E-state index contributed by atoms with van der Waals surface area (Å²) in [4.78, 5) is 33.6. The Kier molecular flexibility index (Phi) is 41.4. The summed E-state index contributed by atoms with van der Waals surface area (Å²) in [6.07, 6.45) is 46.5. The van der Waals surface area contributed by atoms with E-state index < -0.39 is 45.1 Å². The third kappa shape index (κ3) is 42.4. The fraction of sp³-hybridized carbons (Fsp3) is 0.870. The number of carboxylic acids is 1. The van der Waals surface area contributed by atoms with Gasteiger partial charge in [-0.2, -0.15) is 0 Å². The minimum absolute atomic E-state index is 0.0148. The van der Waals surface area contributed by atoms with Crippen LogP contribution in [-0.4, -0.2) is 60.5 Å². The monoisotopic (exact) mass is 830 g/mol. The highest BCUT2D eigenvalue weighted by atomic mass is 31.2. The van der Waals surface area contributed by atoms with Gasteiger partial charge in [0.05, 0.1) is 19.8 Å². The number of esters is 1. The zero-order valence-corrected chi connectivity index (χ0v) is 37.6. The highest BCUT2D eigenvalue weighted by Gasteiger charge is 2.27. The Bertz CT molecular complexity index is 1010.